The van der Waals surface area contributed by atoms with E-state index in [2.05, 4.69) is 5.32 Å². The Kier molecular flexibility index (Phi) is 5.83. The van der Waals surface area contributed by atoms with Crippen molar-refractivity contribution in [2.75, 3.05) is 13.2 Å². The van der Waals surface area contributed by atoms with Gasteiger partial charge < -0.3 is 15.8 Å². The summed E-state index contributed by atoms with van der Waals surface area (Å²) in [7, 11) is 0. The number of hydrogen-bond acceptors (Lipinski definition) is 3. The maximum atomic E-state index is 11.6. The largest absolute Gasteiger partial charge is 0.377 e. The zero-order valence-corrected chi connectivity index (χ0v) is 10.5. The maximum Gasteiger partial charge on any atom is 0.237 e. The van der Waals surface area contributed by atoms with Gasteiger partial charge in [-0.05, 0) is 19.3 Å². The number of ether oxygens (including phenoxy) is 1. The van der Waals surface area contributed by atoms with Crippen LogP contribution in [0.4, 0.5) is 0 Å². The van der Waals surface area contributed by atoms with Crippen LogP contribution in [0.2, 0.25) is 0 Å². The number of carbonyl (C=O) groups excluding carboxylic acids is 1. The van der Waals surface area contributed by atoms with Crippen LogP contribution in [0.1, 0.15) is 34.6 Å². The van der Waals surface area contributed by atoms with Gasteiger partial charge in [0.1, 0.15) is 0 Å². The van der Waals surface area contributed by atoms with Crippen LogP contribution in [-0.4, -0.2) is 31.2 Å². The molecule has 4 nitrogen and oxygen atoms in total. The molecule has 0 radical (unpaired) electrons. The number of nitrogens with two attached hydrogens (primary N) is 1. The Morgan fingerprint density at radius 1 is 1.47 bits per heavy atom. The highest BCUT2D eigenvalue weighted by Gasteiger charge is 2.27. The number of amides is 1. The molecule has 3 N–H and O–H groups in total. The lowest BCUT2D eigenvalue weighted by Gasteiger charge is -2.26. The lowest BCUT2D eigenvalue weighted by atomic mass is 9.87. The van der Waals surface area contributed by atoms with Crippen LogP contribution < -0.4 is 11.1 Å². The summed E-state index contributed by atoms with van der Waals surface area (Å²) < 4.78 is 5.30. The van der Waals surface area contributed by atoms with E-state index in [-0.39, 0.29) is 17.4 Å². The van der Waals surface area contributed by atoms with E-state index >= 15 is 0 Å². The van der Waals surface area contributed by atoms with Crippen LogP contribution >= 0.6 is 0 Å². The van der Waals surface area contributed by atoms with Gasteiger partial charge in [-0.2, -0.15) is 0 Å². The van der Waals surface area contributed by atoms with Crippen LogP contribution in [0.15, 0.2) is 0 Å². The van der Waals surface area contributed by atoms with E-state index in [0.29, 0.717) is 13.2 Å². The number of nitrogens with one attached hydrogen (secondary N) is 1. The molecule has 0 aliphatic heterocycles. The first kappa shape index (κ1) is 14.4. The van der Waals surface area contributed by atoms with Crippen molar-refractivity contribution in [2.24, 2.45) is 11.1 Å². The molecule has 0 bridgehead atoms. The van der Waals surface area contributed by atoms with Gasteiger partial charge in [-0.3, -0.25) is 4.79 Å². The van der Waals surface area contributed by atoms with Gasteiger partial charge in [0.2, 0.25) is 5.91 Å². The third-order valence-electron chi connectivity index (χ3n) is 2.23. The molecule has 1 amide bonds. The molecule has 0 spiro atoms. The fourth-order valence-electron chi connectivity index (χ4n) is 1.09. The molecule has 2 unspecified atom stereocenters. The normalized spacial score (nSPS) is 15.9. The van der Waals surface area contributed by atoms with Crippen LogP contribution in [0.25, 0.3) is 0 Å². The van der Waals surface area contributed by atoms with Crippen LogP contribution in [0.3, 0.4) is 0 Å². The average molecular weight is 216 g/mol. The average Bonchev–Trinajstić information content (AvgIpc) is 2.12. The molecule has 0 rings (SSSR count). The number of rotatable bonds is 5. The summed E-state index contributed by atoms with van der Waals surface area (Å²) in [6, 6.07) is -0.480. The van der Waals surface area contributed by atoms with Gasteiger partial charge in [-0.25, -0.2) is 0 Å². The predicted octanol–water partition coefficient (Wildman–Crippen LogP) is 0.901. The molecule has 2 atom stereocenters. The van der Waals surface area contributed by atoms with E-state index in [0.717, 1.165) is 0 Å². The summed E-state index contributed by atoms with van der Waals surface area (Å²) in [4.78, 5) is 11.6. The van der Waals surface area contributed by atoms with Crippen molar-refractivity contribution in [3.8, 4) is 0 Å². The third-order valence-corrected chi connectivity index (χ3v) is 2.23. The van der Waals surface area contributed by atoms with E-state index in [1.807, 2.05) is 34.6 Å². The smallest absolute Gasteiger partial charge is 0.237 e. The van der Waals surface area contributed by atoms with Crippen molar-refractivity contribution in [1.29, 1.82) is 0 Å². The summed E-state index contributed by atoms with van der Waals surface area (Å²) in [5.41, 5.74) is 5.59. The molecule has 0 saturated heterocycles. The minimum absolute atomic E-state index is 0.0334. The van der Waals surface area contributed by atoms with Crippen LogP contribution in [0.5, 0.6) is 0 Å². The van der Waals surface area contributed by atoms with E-state index in [1.165, 1.54) is 0 Å². The maximum absolute atomic E-state index is 11.6. The molecular weight excluding hydrogens is 192 g/mol. The second kappa shape index (κ2) is 6.08. The summed E-state index contributed by atoms with van der Waals surface area (Å²) in [5.74, 6) is -0.117. The van der Waals surface area contributed by atoms with Gasteiger partial charge in [-0.1, -0.05) is 20.8 Å². The fourth-order valence-corrected chi connectivity index (χ4v) is 1.09. The fraction of sp³-hybridized carbons (Fsp3) is 0.909. The highest BCUT2D eigenvalue weighted by atomic mass is 16.5. The topological polar surface area (TPSA) is 64.3 Å². The highest BCUT2D eigenvalue weighted by molar-refractivity contribution is 5.82. The Hall–Kier alpha value is -0.610. The first-order valence-electron chi connectivity index (χ1n) is 5.44. The minimum atomic E-state index is -0.480. The Morgan fingerprint density at radius 3 is 2.40 bits per heavy atom. The zero-order valence-electron chi connectivity index (χ0n) is 10.5. The molecule has 15 heavy (non-hydrogen) atoms. The van der Waals surface area contributed by atoms with Gasteiger partial charge in [0, 0.05) is 13.2 Å². The Bertz CT molecular complexity index is 199. The lowest BCUT2D eigenvalue weighted by Crippen LogP contribution is -2.50. The van der Waals surface area contributed by atoms with E-state index in [4.69, 9.17) is 10.5 Å². The highest BCUT2D eigenvalue weighted by Crippen LogP contribution is 2.16. The standard InChI is InChI=1S/C11H24N2O2/c1-6-15-8(2)7-13-10(14)9(12)11(3,4)5/h8-9H,6-7,12H2,1-5H3,(H,13,14). The van der Waals surface area contributed by atoms with Crippen molar-refractivity contribution < 1.29 is 9.53 Å². The molecule has 0 fully saturated rings. The Balaban J connectivity index is 3.94. The molecular formula is C11H24N2O2. The van der Waals surface area contributed by atoms with Gasteiger partial charge in [0.05, 0.1) is 12.1 Å². The molecule has 0 heterocycles. The number of hydrogen-bond donors (Lipinski definition) is 2. The molecule has 90 valence electrons. The molecule has 0 aliphatic rings. The minimum Gasteiger partial charge on any atom is -0.377 e. The van der Waals surface area contributed by atoms with Gasteiger partial charge >= 0.3 is 0 Å². The third kappa shape index (κ3) is 5.74. The Labute approximate surface area is 92.6 Å². The summed E-state index contributed by atoms with van der Waals surface area (Å²) in [5, 5.41) is 2.78. The van der Waals surface area contributed by atoms with E-state index in [1.54, 1.807) is 0 Å². The van der Waals surface area contributed by atoms with Gasteiger partial charge in [0.15, 0.2) is 0 Å². The SMILES string of the molecule is CCOC(C)CNC(=O)C(N)C(C)(C)C. The Morgan fingerprint density at radius 2 is 2.00 bits per heavy atom. The predicted molar refractivity (Wildman–Crippen MR) is 61.5 cm³/mol. The molecule has 4 heteroatoms. The van der Waals surface area contributed by atoms with Crippen molar-refractivity contribution in [1.82, 2.24) is 5.32 Å². The van der Waals surface area contributed by atoms with Gasteiger partial charge in [-0.15, -0.1) is 0 Å². The number of carbonyl (C=O) groups is 1. The summed E-state index contributed by atoms with van der Waals surface area (Å²) in [6.45, 7) is 10.9. The quantitative estimate of drug-likeness (QED) is 0.717. The van der Waals surface area contributed by atoms with E-state index in [9.17, 15) is 4.79 Å². The molecule has 0 aromatic carbocycles. The lowest BCUT2D eigenvalue weighted by molar-refractivity contribution is -0.125. The van der Waals surface area contributed by atoms with Crippen LogP contribution in [-0.2, 0) is 9.53 Å². The van der Waals surface area contributed by atoms with Crippen molar-refractivity contribution >= 4 is 5.91 Å². The second-order valence-corrected chi connectivity index (χ2v) is 4.85. The van der Waals surface area contributed by atoms with E-state index < -0.39 is 6.04 Å². The molecule has 0 aromatic rings. The monoisotopic (exact) mass is 216 g/mol. The van der Waals surface area contributed by atoms with Crippen molar-refractivity contribution in [3.63, 3.8) is 0 Å². The molecule has 0 aromatic heterocycles. The van der Waals surface area contributed by atoms with Crippen LogP contribution in [0, 0.1) is 5.41 Å². The molecule has 0 saturated carbocycles. The summed E-state index contributed by atoms with van der Waals surface area (Å²) >= 11 is 0. The van der Waals surface area contributed by atoms with Gasteiger partial charge in [0.25, 0.3) is 0 Å². The first-order chi connectivity index (χ1) is 6.79. The second-order valence-electron chi connectivity index (χ2n) is 4.85. The molecule has 0 aliphatic carbocycles. The first-order valence-corrected chi connectivity index (χ1v) is 5.44. The van der Waals surface area contributed by atoms with Crippen molar-refractivity contribution in [2.45, 2.75) is 46.8 Å². The summed E-state index contributed by atoms with van der Waals surface area (Å²) in [6.07, 6.45) is 0.0334. The van der Waals surface area contributed by atoms with Crippen molar-refractivity contribution in [3.05, 3.63) is 0 Å². The zero-order chi connectivity index (χ0) is 12.1.